The summed E-state index contributed by atoms with van der Waals surface area (Å²) < 4.78 is 24.1. The lowest BCUT2D eigenvalue weighted by molar-refractivity contribution is -0.143. The van der Waals surface area contributed by atoms with E-state index in [0.29, 0.717) is 43.4 Å². The molecular formula is C28H30N2O6S2. The summed E-state index contributed by atoms with van der Waals surface area (Å²) in [5.41, 5.74) is 2.03. The Morgan fingerprint density at radius 1 is 1.05 bits per heavy atom. The van der Waals surface area contributed by atoms with Crippen molar-refractivity contribution in [2.45, 2.75) is 37.8 Å². The molecule has 0 bridgehead atoms. The van der Waals surface area contributed by atoms with Gasteiger partial charge in [-0.25, -0.2) is 9.79 Å². The molecule has 0 radical (unpaired) electrons. The molecule has 1 aliphatic rings. The monoisotopic (exact) mass is 554 g/mol. The SMILES string of the molecule is COc1ccc(/C=c2/sc3n(c2=O)[C@@H](c2ccc(SC)cc2)C(C(=O)OC(C)C)=C(C)N=3)c(OC)c1OC. The van der Waals surface area contributed by atoms with Gasteiger partial charge < -0.3 is 18.9 Å². The van der Waals surface area contributed by atoms with E-state index in [-0.39, 0.29) is 11.7 Å². The number of hydrogen-bond donors (Lipinski definition) is 0. The van der Waals surface area contributed by atoms with E-state index in [1.807, 2.05) is 30.5 Å². The third kappa shape index (κ3) is 5.10. The first-order valence-corrected chi connectivity index (χ1v) is 13.9. The molecule has 3 aromatic rings. The number of carbonyl (C=O) groups is 1. The van der Waals surface area contributed by atoms with Gasteiger partial charge in [0.25, 0.3) is 5.56 Å². The van der Waals surface area contributed by atoms with Gasteiger partial charge in [0.1, 0.15) is 0 Å². The van der Waals surface area contributed by atoms with Gasteiger partial charge in [0, 0.05) is 10.5 Å². The fraction of sp³-hybridized carbons (Fsp3) is 0.321. The number of nitrogens with zero attached hydrogens (tertiary/aromatic N) is 2. The lowest BCUT2D eigenvalue weighted by Crippen LogP contribution is -2.40. The Morgan fingerprint density at radius 2 is 1.74 bits per heavy atom. The Balaban J connectivity index is 1.95. The van der Waals surface area contributed by atoms with Crippen molar-refractivity contribution in [3.8, 4) is 17.2 Å². The van der Waals surface area contributed by atoms with Crippen LogP contribution in [-0.2, 0) is 9.53 Å². The van der Waals surface area contributed by atoms with Crippen LogP contribution in [0.5, 0.6) is 17.2 Å². The molecule has 0 N–H and O–H groups in total. The van der Waals surface area contributed by atoms with E-state index in [1.165, 1.54) is 25.6 Å². The zero-order valence-electron chi connectivity index (χ0n) is 22.4. The number of aromatic nitrogens is 1. The summed E-state index contributed by atoms with van der Waals surface area (Å²) in [5.74, 6) is 0.897. The topological polar surface area (TPSA) is 88.4 Å². The molecule has 2 heterocycles. The Kier molecular flexibility index (Phi) is 8.32. The molecular weight excluding hydrogens is 524 g/mol. The lowest BCUT2D eigenvalue weighted by Gasteiger charge is -2.25. The number of benzene rings is 2. The van der Waals surface area contributed by atoms with Crippen LogP contribution in [0.4, 0.5) is 0 Å². The van der Waals surface area contributed by atoms with Gasteiger partial charge in [-0.15, -0.1) is 11.8 Å². The van der Waals surface area contributed by atoms with Crippen molar-refractivity contribution in [3.05, 3.63) is 78.5 Å². The van der Waals surface area contributed by atoms with Crippen LogP contribution in [0.25, 0.3) is 6.08 Å². The average Bonchev–Trinajstić information content (AvgIpc) is 3.21. The van der Waals surface area contributed by atoms with E-state index >= 15 is 0 Å². The van der Waals surface area contributed by atoms with E-state index in [1.54, 1.807) is 62.4 Å². The van der Waals surface area contributed by atoms with Gasteiger partial charge in [-0.3, -0.25) is 9.36 Å². The molecule has 0 spiro atoms. The number of esters is 1. The van der Waals surface area contributed by atoms with Crippen LogP contribution in [0.1, 0.15) is 37.9 Å². The molecule has 0 fully saturated rings. The summed E-state index contributed by atoms with van der Waals surface area (Å²) in [4.78, 5) is 33.4. The minimum atomic E-state index is -0.678. The van der Waals surface area contributed by atoms with Gasteiger partial charge in [0.05, 0.1) is 49.3 Å². The second-order valence-electron chi connectivity index (χ2n) is 8.73. The van der Waals surface area contributed by atoms with Crippen LogP contribution in [-0.4, -0.2) is 44.2 Å². The van der Waals surface area contributed by atoms with Gasteiger partial charge in [0.15, 0.2) is 16.3 Å². The van der Waals surface area contributed by atoms with Gasteiger partial charge in [-0.2, -0.15) is 0 Å². The average molecular weight is 555 g/mol. The molecule has 0 saturated heterocycles. The highest BCUT2D eigenvalue weighted by molar-refractivity contribution is 7.98. The quantitative estimate of drug-likeness (QED) is 0.308. The summed E-state index contributed by atoms with van der Waals surface area (Å²) in [6.07, 6.45) is 3.42. The summed E-state index contributed by atoms with van der Waals surface area (Å²) in [6, 6.07) is 10.7. The Labute approximate surface area is 229 Å². The maximum absolute atomic E-state index is 13.9. The molecule has 0 saturated carbocycles. The predicted molar refractivity (Wildman–Crippen MR) is 149 cm³/mol. The maximum atomic E-state index is 13.9. The number of fused-ring (bicyclic) bond motifs is 1. The van der Waals surface area contributed by atoms with Crippen LogP contribution in [0.2, 0.25) is 0 Å². The lowest BCUT2D eigenvalue weighted by atomic mass is 9.96. The molecule has 1 aromatic heterocycles. The van der Waals surface area contributed by atoms with Crippen molar-refractivity contribution < 1.29 is 23.7 Å². The first kappa shape index (κ1) is 27.5. The van der Waals surface area contributed by atoms with Crippen LogP contribution < -0.4 is 29.1 Å². The van der Waals surface area contributed by atoms with Crippen LogP contribution >= 0.6 is 23.1 Å². The van der Waals surface area contributed by atoms with E-state index in [9.17, 15) is 9.59 Å². The Hall–Kier alpha value is -3.50. The van der Waals surface area contributed by atoms with E-state index in [2.05, 4.69) is 4.99 Å². The standard InChI is InChI=1S/C28H30N2O6S2/c1-15(2)36-27(32)22-16(3)29-28-30(23(22)17-8-11-19(37-7)12-9-17)26(31)21(38-28)14-18-10-13-20(33-4)25(35-6)24(18)34-5/h8-15,23H,1-7H3/b21-14+/t23-/m0/s1. The number of thiazole rings is 1. The molecule has 0 amide bonds. The van der Waals surface area contributed by atoms with Crippen LogP contribution in [0.3, 0.4) is 0 Å². The van der Waals surface area contributed by atoms with Crippen molar-refractivity contribution >= 4 is 35.1 Å². The smallest absolute Gasteiger partial charge is 0.338 e. The molecule has 2 aromatic carbocycles. The van der Waals surface area contributed by atoms with Crippen molar-refractivity contribution in [1.82, 2.24) is 4.57 Å². The third-order valence-corrected chi connectivity index (χ3v) is 7.76. The van der Waals surface area contributed by atoms with Crippen molar-refractivity contribution in [2.75, 3.05) is 27.6 Å². The number of methoxy groups -OCH3 is 3. The Bertz CT molecular complexity index is 1570. The normalized spacial score (nSPS) is 15.3. The minimum Gasteiger partial charge on any atom is -0.493 e. The molecule has 200 valence electrons. The Morgan fingerprint density at radius 3 is 2.32 bits per heavy atom. The summed E-state index contributed by atoms with van der Waals surface area (Å²) in [7, 11) is 4.61. The first-order chi connectivity index (χ1) is 18.2. The molecule has 38 heavy (non-hydrogen) atoms. The zero-order valence-corrected chi connectivity index (χ0v) is 24.0. The predicted octanol–water partition coefficient (Wildman–Crippen LogP) is 3.93. The fourth-order valence-corrected chi connectivity index (χ4v) is 5.79. The van der Waals surface area contributed by atoms with Gasteiger partial charge in [-0.1, -0.05) is 23.5 Å². The largest absolute Gasteiger partial charge is 0.493 e. The van der Waals surface area contributed by atoms with Crippen LogP contribution in [0, 0.1) is 0 Å². The van der Waals surface area contributed by atoms with Crippen molar-refractivity contribution in [3.63, 3.8) is 0 Å². The minimum absolute atomic E-state index is 0.271. The number of thioether (sulfide) groups is 1. The number of carbonyl (C=O) groups excluding carboxylic acids is 1. The van der Waals surface area contributed by atoms with Crippen LogP contribution in [0.15, 0.2) is 62.4 Å². The molecule has 0 unspecified atom stereocenters. The molecule has 10 heteroatoms. The molecule has 8 nitrogen and oxygen atoms in total. The van der Waals surface area contributed by atoms with Gasteiger partial charge in [0.2, 0.25) is 5.75 Å². The molecule has 4 rings (SSSR count). The van der Waals surface area contributed by atoms with Gasteiger partial charge in [-0.05, 0) is 62.9 Å². The summed E-state index contributed by atoms with van der Waals surface area (Å²) in [6.45, 7) is 5.36. The number of rotatable bonds is 8. The highest BCUT2D eigenvalue weighted by atomic mass is 32.2. The number of hydrogen-bond acceptors (Lipinski definition) is 9. The van der Waals surface area contributed by atoms with Crippen molar-refractivity contribution in [1.29, 1.82) is 0 Å². The summed E-state index contributed by atoms with van der Waals surface area (Å²) >= 11 is 2.87. The highest BCUT2D eigenvalue weighted by Gasteiger charge is 2.33. The third-order valence-electron chi connectivity index (χ3n) is 6.04. The van der Waals surface area contributed by atoms with E-state index < -0.39 is 12.0 Å². The maximum Gasteiger partial charge on any atom is 0.338 e. The summed E-state index contributed by atoms with van der Waals surface area (Å²) in [5, 5.41) is 0. The molecule has 1 atom stereocenters. The number of ether oxygens (including phenoxy) is 4. The van der Waals surface area contributed by atoms with Gasteiger partial charge >= 0.3 is 5.97 Å². The second kappa shape index (κ2) is 11.5. The van der Waals surface area contributed by atoms with E-state index in [0.717, 1.165) is 10.5 Å². The number of allylic oxidation sites excluding steroid dienone is 1. The second-order valence-corrected chi connectivity index (χ2v) is 10.6. The highest BCUT2D eigenvalue weighted by Crippen LogP contribution is 2.40. The first-order valence-electron chi connectivity index (χ1n) is 11.9. The van der Waals surface area contributed by atoms with Crippen molar-refractivity contribution in [2.24, 2.45) is 4.99 Å². The fourth-order valence-electron chi connectivity index (χ4n) is 4.34. The zero-order chi connectivity index (χ0) is 27.6. The molecule has 0 aliphatic carbocycles. The molecule has 1 aliphatic heterocycles. The van der Waals surface area contributed by atoms with E-state index in [4.69, 9.17) is 18.9 Å².